The van der Waals surface area contributed by atoms with E-state index in [1.54, 1.807) is 0 Å². The SMILES string of the molecule is CCn1nc(C(F)(F)F)c(C(=O)NCCCN)c1C(F)(F)Cl.Cl. The molecule has 0 unspecified atom stereocenters. The van der Waals surface area contributed by atoms with E-state index in [0.717, 1.165) is 0 Å². The zero-order chi connectivity index (χ0) is 17.1. The topological polar surface area (TPSA) is 72.9 Å². The van der Waals surface area contributed by atoms with Gasteiger partial charge in [0.2, 0.25) is 0 Å². The van der Waals surface area contributed by atoms with Gasteiger partial charge in [-0.05, 0) is 31.5 Å². The van der Waals surface area contributed by atoms with Crippen LogP contribution in [-0.4, -0.2) is 28.8 Å². The summed E-state index contributed by atoms with van der Waals surface area (Å²) in [4.78, 5) is 11.9. The number of carbonyl (C=O) groups excluding carboxylic acids is 1. The van der Waals surface area contributed by atoms with E-state index >= 15 is 0 Å². The van der Waals surface area contributed by atoms with E-state index in [2.05, 4.69) is 10.4 Å². The van der Waals surface area contributed by atoms with E-state index in [-0.39, 0.29) is 38.5 Å². The Morgan fingerprint density at radius 1 is 1.35 bits per heavy atom. The fraction of sp³-hybridized carbons (Fsp3) is 0.636. The summed E-state index contributed by atoms with van der Waals surface area (Å²) in [5.41, 5.74) is 0.934. The van der Waals surface area contributed by atoms with Crippen LogP contribution in [0, 0.1) is 0 Å². The average Bonchev–Trinajstić information content (AvgIpc) is 2.78. The molecule has 0 atom stereocenters. The number of nitrogens with two attached hydrogens (primary N) is 1. The molecule has 1 aromatic rings. The maximum atomic E-state index is 13.4. The Labute approximate surface area is 139 Å². The van der Waals surface area contributed by atoms with Gasteiger partial charge in [0.15, 0.2) is 5.69 Å². The van der Waals surface area contributed by atoms with E-state index in [1.807, 2.05) is 0 Å². The minimum Gasteiger partial charge on any atom is -0.352 e. The number of amides is 1. The highest BCUT2D eigenvalue weighted by molar-refractivity contribution is 6.22. The van der Waals surface area contributed by atoms with Crippen LogP contribution in [0.3, 0.4) is 0 Å². The standard InChI is InChI=1S/C11H14ClF5N4O.ClH/c1-2-21-8(10(12,13)14)6(7(20-21)11(15,16)17)9(22)19-5-3-4-18;/h2-5,18H2,1H3,(H,19,22);1H. The van der Waals surface area contributed by atoms with Crippen LogP contribution in [0.2, 0.25) is 0 Å². The lowest BCUT2D eigenvalue weighted by Gasteiger charge is -2.13. The minimum absolute atomic E-state index is 0. The number of aromatic nitrogens is 2. The minimum atomic E-state index is -5.07. The second kappa shape index (κ2) is 8.11. The molecule has 0 saturated heterocycles. The van der Waals surface area contributed by atoms with E-state index < -0.39 is 34.4 Å². The van der Waals surface area contributed by atoms with Gasteiger partial charge in [-0.2, -0.15) is 27.1 Å². The van der Waals surface area contributed by atoms with Crippen LogP contribution in [0.1, 0.15) is 35.1 Å². The zero-order valence-corrected chi connectivity index (χ0v) is 13.5. The summed E-state index contributed by atoms with van der Waals surface area (Å²) >= 11 is 4.85. The smallest absolute Gasteiger partial charge is 0.352 e. The van der Waals surface area contributed by atoms with Gasteiger partial charge in [-0.3, -0.25) is 9.48 Å². The Morgan fingerprint density at radius 3 is 2.30 bits per heavy atom. The van der Waals surface area contributed by atoms with Crippen molar-refractivity contribution in [2.45, 2.75) is 31.4 Å². The van der Waals surface area contributed by atoms with Gasteiger partial charge in [0.25, 0.3) is 5.91 Å². The van der Waals surface area contributed by atoms with Crippen molar-refractivity contribution in [1.29, 1.82) is 0 Å². The molecular formula is C11H15Cl2F5N4O. The Bertz CT molecular complexity index is 542. The number of hydrogen-bond donors (Lipinski definition) is 2. The molecule has 0 radical (unpaired) electrons. The molecular weight excluding hydrogens is 370 g/mol. The van der Waals surface area contributed by atoms with Crippen LogP contribution >= 0.6 is 24.0 Å². The fourth-order valence-electron chi connectivity index (χ4n) is 1.78. The molecule has 12 heteroatoms. The number of hydrogen-bond acceptors (Lipinski definition) is 3. The third kappa shape index (κ3) is 5.18. The lowest BCUT2D eigenvalue weighted by molar-refractivity contribution is -0.141. The van der Waals surface area contributed by atoms with Gasteiger partial charge < -0.3 is 11.1 Å². The summed E-state index contributed by atoms with van der Waals surface area (Å²) in [7, 11) is 0. The molecule has 1 heterocycles. The molecule has 0 bridgehead atoms. The van der Waals surface area contributed by atoms with Gasteiger partial charge in [-0.15, -0.1) is 12.4 Å². The summed E-state index contributed by atoms with van der Waals surface area (Å²) in [6.45, 7) is 1.11. The van der Waals surface area contributed by atoms with Gasteiger partial charge in [0.1, 0.15) is 11.3 Å². The molecule has 0 saturated carbocycles. The molecule has 0 aromatic carbocycles. The highest BCUT2D eigenvalue weighted by Crippen LogP contribution is 2.40. The second-order valence-corrected chi connectivity index (χ2v) is 4.76. The van der Waals surface area contributed by atoms with Crippen molar-refractivity contribution in [1.82, 2.24) is 15.1 Å². The first-order valence-electron chi connectivity index (χ1n) is 6.27. The number of nitrogens with one attached hydrogen (secondary N) is 1. The van der Waals surface area contributed by atoms with E-state index in [4.69, 9.17) is 17.3 Å². The lowest BCUT2D eigenvalue weighted by Crippen LogP contribution is -2.30. The molecule has 23 heavy (non-hydrogen) atoms. The number of carbonyl (C=O) groups is 1. The van der Waals surface area contributed by atoms with Crippen LogP contribution < -0.4 is 11.1 Å². The van der Waals surface area contributed by atoms with E-state index in [9.17, 15) is 26.7 Å². The Kier molecular flexibility index (Phi) is 7.71. The maximum Gasteiger partial charge on any atom is 0.435 e. The first-order chi connectivity index (χ1) is 10.0. The molecule has 0 aliphatic rings. The first kappa shape index (κ1) is 21.9. The number of aryl methyl sites for hydroxylation is 1. The number of alkyl halides is 6. The van der Waals surface area contributed by atoms with E-state index in [0.29, 0.717) is 4.68 Å². The molecule has 134 valence electrons. The molecule has 5 nitrogen and oxygen atoms in total. The van der Waals surface area contributed by atoms with Crippen LogP contribution in [0.4, 0.5) is 22.0 Å². The third-order valence-corrected chi connectivity index (χ3v) is 2.86. The highest BCUT2D eigenvalue weighted by atomic mass is 35.5. The van der Waals surface area contributed by atoms with Gasteiger partial charge >= 0.3 is 11.6 Å². The molecule has 1 rings (SSSR count). The summed E-state index contributed by atoms with van der Waals surface area (Å²) in [5.74, 6) is -1.32. The fourth-order valence-corrected chi connectivity index (χ4v) is 1.98. The van der Waals surface area contributed by atoms with Crippen molar-refractivity contribution in [2.75, 3.05) is 13.1 Å². The molecule has 0 spiro atoms. The van der Waals surface area contributed by atoms with E-state index in [1.165, 1.54) is 6.92 Å². The van der Waals surface area contributed by atoms with Crippen LogP contribution in [-0.2, 0) is 18.1 Å². The summed E-state index contributed by atoms with van der Waals surface area (Å²) in [5, 5.41) is 0.982. The number of nitrogens with zero attached hydrogens (tertiary/aromatic N) is 2. The quantitative estimate of drug-likeness (QED) is 0.449. The largest absolute Gasteiger partial charge is 0.435 e. The Morgan fingerprint density at radius 2 is 1.91 bits per heavy atom. The van der Waals surface area contributed by atoms with Crippen molar-refractivity contribution in [3.8, 4) is 0 Å². The van der Waals surface area contributed by atoms with Crippen molar-refractivity contribution >= 4 is 29.9 Å². The number of rotatable bonds is 6. The van der Waals surface area contributed by atoms with Crippen LogP contribution in [0.25, 0.3) is 0 Å². The molecule has 1 amide bonds. The van der Waals surface area contributed by atoms with Crippen molar-refractivity contribution in [3.63, 3.8) is 0 Å². The van der Waals surface area contributed by atoms with Crippen molar-refractivity contribution in [3.05, 3.63) is 17.0 Å². The summed E-state index contributed by atoms with van der Waals surface area (Å²) < 4.78 is 66.1. The second-order valence-electron chi connectivity index (χ2n) is 4.28. The third-order valence-electron chi connectivity index (χ3n) is 2.68. The van der Waals surface area contributed by atoms with Crippen molar-refractivity contribution < 1.29 is 26.7 Å². The zero-order valence-electron chi connectivity index (χ0n) is 11.9. The van der Waals surface area contributed by atoms with Gasteiger partial charge in [-0.1, -0.05) is 0 Å². The summed E-state index contributed by atoms with van der Waals surface area (Å²) in [6.07, 6.45) is -4.79. The Hall–Kier alpha value is -1.13. The molecule has 1 aromatic heterocycles. The Balaban J connectivity index is 0.00000484. The molecule has 0 fully saturated rings. The summed E-state index contributed by atoms with van der Waals surface area (Å²) in [6, 6.07) is 0. The number of halogens is 7. The van der Waals surface area contributed by atoms with Gasteiger partial charge in [-0.25, -0.2) is 0 Å². The average molecular weight is 385 g/mol. The predicted molar refractivity (Wildman–Crippen MR) is 75.9 cm³/mol. The van der Waals surface area contributed by atoms with Gasteiger partial charge in [0, 0.05) is 13.1 Å². The monoisotopic (exact) mass is 384 g/mol. The first-order valence-corrected chi connectivity index (χ1v) is 6.65. The predicted octanol–water partition coefficient (Wildman–Crippen LogP) is 2.71. The highest BCUT2D eigenvalue weighted by Gasteiger charge is 2.47. The normalized spacial score (nSPS) is 12.0. The maximum absolute atomic E-state index is 13.4. The van der Waals surface area contributed by atoms with Crippen LogP contribution in [0.15, 0.2) is 0 Å². The van der Waals surface area contributed by atoms with Crippen molar-refractivity contribution in [2.24, 2.45) is 5.73 Å². The van der Waals surface area contributed by atoms with Gasteiger partial charge in [0.05, 0.1) is 0 Å². The van der Waals surface area contributed by atoms with Crippen LogP contribution in [0.5, 0.6) is 0 Å². The molecule has 0 aliphatic carbocycles. The lowest BCUT2D eigenvalue weighted by atomic mass is 10.1. The molecule has 0 aliphatic heterocycles. The molecule has 3 N–H and O–H groups in total.